The van der Waals surface area contributed by atoms with Gasteiger partial charge in [0.1, 0.15) is 5.69 Å². The summed E-state index contributed by atoms with van der Waals surface area (Å²) in [6.45, 7) is 0.484. The topological polar surface area (TPSA) is 83.9 Å². The molecule has 7 heteroatoms. The number of hydrogen-bond donors (Lipinski definition) is 1. The molecule has 1 fully saturated rings. The Kier molecular flexibility index (Phi) is 3.60. The van der Waals surface area contributed by atoms with Crippen molar-refractivity contribution in [1.29, 1.82) is 0 Å². The van der Waals surface area contributed by atoms with Crippen molar-refractivity contribution in [3.8, 4) is 22.4 Å². The average Bonchev–Trinajstić information content (AvgIpc) is 3.45. The van der Waals surface area contributed by atoms with Gasteiger partial charge >= 0.3 is 0 Å². The van der Waals surface area contributed by atoms with Crippen LogP contribution in [0.4, 0.5) is 0 Å². The molecule has 28 heavy (non-hydrogen) atoms. The number of carbonyl (C=O) groups is 1. The number of amides is 1. The minimum Gasteiger partial charge on any atom is -0.373 e. The molecule has 0 aliphatic carbocycles. The Balaban J connectivity index is 1.50. The van der Waals surface area contributed by atoms with Gasteiger partial charge in [-0.05, 0) is 35.4 Å². The van der Waals surface area contributed by atoms with Gasteiger partial charge in [-0.25, -0.2) is 4.52 Å². The first-order valence-electron chi connectivity index (χ1n) is 9.04. The molecule has 7 nitrogen and oxygen atoms in total. The minimum atomic E-state index is -1.63. The molecule has 0 unspecified atom stereocenters. The van der Waals surface area contributed by atoms with Gasteiger partial charge in [0.2, 0.25) is 5.60 Å². The van der Waals surface area contributed by atoms with Gasteiger partial charge in [-0.2, -0.15) is 5.10 Å². The molecule has 5 rings (SSSR count). The number of fused-ring (bicyclic) bond motifs is 1. The summed E-state index contributed by atoms with van der Waals surface area (Å²) in [5, 5.41) is 19.1. The molecule has 1 atom stereocenters. The number of likely N-dealkylation sites (N-methyl/N-ethyl adjacent to an activating group) is 1. The molecule has 0 radical (unpaired) electrons. The van der Waals surface area contributed by atoms with Crippen LogP contribution in [0.25, 0.3) is 27.9 Å². The highest BCUT2D eigenvalue weighted by molar-refractivity contribution is 5.87. The number of aliphatic hydroxyl groups is 1. The highest BCUT2D eigenvalue weighted by Gasteiger charge is 2.48. The molecular weight excluding hydrogens is 356 g/mol. The van der Waals surface area contributed by atoms with Gasteiger partial charge in [0.05, 0.1) is 5.52 Å². The second-order valence-electron chi connectivity index (χ2n) is 7.11. The zero-order chi connectivity index (χ0) is 19.3. The van der Waals surface area contributed by atoms with Gasteiger partial charge in [0.25, 0.3) is 5.91 Å². The molecule has 140 valence electrons. The van der Waals surface area contributed by atoms with E-state index in [1.165, 1.54) is 4.90 Å². The van der Waals surface area contributed by atoms with E-state index in [-0.39, 0.29) is 11.7 Å². The zero-order valence-corrected chi connectivity index (χ0v) is 15.2. The SMILES string of the molecule is CN1CC[C@@](O)(c2cc(-c3cccc(-c4ccn5nccc5c4)c3)no2)C1=O. The van der Waals surface area contributed by atoms with Crippen molar-refractivity contribution in [1.82, 2.24) is 19.7 Å². The monoisotopic (exact) mass is 374 g/mol. The van der Waals surface area contributed by atoms with Gasteiger partial charge < -0.3 is 14.5 Å². The molecular formula is C21H18N4O3. The van der Waals surface area contributed by atoms with Gasteiger partial charge in [-0.1, -0.05) is 23.4 Å². The quantitative estimate of drug-likeness (QED) is 0.596. The fraction of sp³-hybridized carbons (Fsp3) is 0.190. The summed E-state index contributed by atoms with van der Waals surface area (Å²) in [6, 6.07) is 15.6. The highest BCUT2D eigenvalue weighted by atomic mass is 16.5. The van der Waals surface area contributed by atoms with Crippen molar-refractivity contribution in [2.45, 2.75) is 12.0 Å². The van der Waals surface area contributed by atoms with E-state index in [4.69, 9.17) is 4.52 Å². The van der Waals surface area contributed by atoms with Crippen molar-refractivity contribution >= 4 is 11.4 Å². The predicted molar refractivity (Wildman–Crippen MR) is 102 cm³/mol. The normalized spacial score (nSPS) is 19.6. The maximum atomic E-state index is 12.3. The van der Waals surface area contributed by atoms with Crippen LogP contribution in [-0.4, -0.2) is 44.3 Å². The van der Waals surface area contributed by atoms with Crippen molar-refractivity contribution in [2.24, 2.45) is 0 Å². The van der Waals surface area contributed by atoms with E-state index in [0.717, 1.165) is 22.2 Å². The Bertz CT molecular complexity index is 1200. The van der Waals surface area contributed by atoms with E-state index in [2.05, 4.69) is 16.3 Å². The molecule has 1 N–H and O–H groups in total. The number of likely N-dealkylation sites (tertiary alicyclic amines) is 1. The molecule has 0 bridgehead atoms. The van der Waals surface area contributed by atoms with Gasteiger partial charge in [-0.15, -0.1) is 0 Å². The standard InChI is InChI=1S/C21H18N4O3/c1-24-10-7-21(27,20(24)26)19-13-18(23-28-19)16-4-2-3-14(11-16)15-6-9-25-17(12-15)5-8-22-25/h2-6,8-9,11-13,27H,7,10H2,1H3/t21-/m1/s1. The second-order valence-corrected chi connectivity index (χ2v) is 7.11. The molecule has 1 aliphatic rings. The van der Waals surface area contributed by atoms with E-state index >= 15 is 0 Å². The molecule has 3 aromatic heterocycles. The van der Waals surface area contributed by atoms with Crippen LogP contribution in [0.3, 0.4) is 0 Å². The van der Waals surface area contributed by atoms with Crippen LogP contribution in [0.5, 0.6) is 0 Å². The molecule has 1 amide bonds. The van der Waals surface area contributed by atoms with Gasteiger partial charge in [0.15, 0.2) is 5.76 Å². The molecule has 1 aromatic carbocycles. The lowest BCUT2D eigenvalue weighted by atomic mass is 9.97. The molecule has 1 aliphatic heterocycles. The summed E-state index contributed by atoms with van der Waals surface area (Å²) in [5.41, 5.74) is 2.90. The first kappa shape index (κ1) is 16.7. The van der Waals surface area contributed by atoms with E-state index in [9.17, 15) is 9.90 Å². The zero-order valence-electron chi connectivity index (χ0n) is 15.2. The minimum absolute atomic E-state index is 0.183. The summed E-state index contributed by atoms with van der Waals surface area (Å²) in [7, 11) is 1.67. The number of aromatic nitrogens is 3. The van der Waals surface area contributed by atoms with Gasteiger partial charge in [0, 0.05) is 44.0 Å². The van der Waals surface area contributed by atoms with Crippen LogP contribution < -0.4 is 0 Å². The average molecular weight is 374 g/mol. The lowest BCUT2D eigenvalue weighted by Gasteiger charge is -2.16. The number of rotatable bonds is 3. The van der Waals surface area contributed by atoms with E-state index in [1.807, 2.05) is 47.1 Å². The Morgan fingerprint density at radius 1 is 1.11 bits per heavy atom. The van der Waals surface area contributed by atoms with Crippen LogP contribution in [0.15, 0.2) is 65.4 Å². The maximum Gasteiger partial charge on any atom is 0.262 e. The van der Waals surface area contributed by atoms with Crippen LogP contribution >= 0.6 is 0 Å². The molecule has 0 saturated carbocycles. The number of nitrogens with zero attached hydrogens (tertiary/aromatic N) is 4. The lowest BCUT2D eigenvalue weighted by Crippen LogP contribution is -2.35. The summed E-state index contributed by atoms with van der Waals surface area (Å²) in [4.78, 5) is 13.8. The van der Waals surface area contributed by atoms with Crippen LogP contribution in [0.1, 0.15) is 12.2 Å². The number of benzene rings is 1. The number of hydrogen-bond acceptors (Lipinski definition) is 5. The van der Waals surface area contributed by atoms with Crippen LogP contribution in [0, 0.1) is 0 Å². The maximum absolute atomic E-state index is 12.3. The van der Waals surface area contributed by atoms with Crippen molar-refractivity contribution < 1.29 is 14.4 Å². The lowest BCUT2D eigenvalue weighted by molar-refractivity contribution is -0.144. The summed E-state index contributed by atoms with van der Waals surface area (Å²) in [6.07, 6.45) is 3.98. The van der Waals surface area contributed by atoms with Crippen molar-refractivity contribution in [2.75, 3.05) is 13.6 Å². The number of pyridine rings is 1. The van der Waals surface area contributed by atoms with Crippen molar-refractivity contribution in [3.63, 3.8) is 0 Å². The largest absolute Gasteiger partial charge is 0.373 e. The Morgan fingerprint density at radius 3 is 2.75 bits per heavy atom. The summed E-state index contributed by atoms with van der Waals surface area (Å²) >= 11 is 0. The highest BCUT2D eigenvalue weighted by Crippen LogP contribution is 2.35. The first-order valence-corrected chi connectivity index (χ1v) is 9.04. The van der Waals surface area contributed by atoms with E-state index < -0.39 is 5.60 Å². The third-order valence-corrected chi connectivity index (χ3v) is 5.32. The van der Waals surface area contributed by atoms with Crippen LogP contribution in [-0.2, 0) is 10.4 Å². The smallest absolute Gasteiger partial charge is 0.262 e. The molecule has 4 heterocycles. The Morgan fingerprint density at radius 2 is 1.93 bits per heavy atom. The van der Waals surface area contributed by atoms with Crippen molar-refractivity contribution in [3.05, 3.63) is 66.7 Å². The summed E-state index contributed by atoms with van der Waals surface area (Å²) in [5.74, 6) is -0.180. The fourth-order valence-corrected chi connectivity index (χ4v) is 3.65. The summed E-state index contributed by atoms with van der Waals surface area (Å²) < 4.78 is 7.17. The van der Waals surface area contributed by atoms with Gasteiger partial charge in [-0.3, -0.25) is 4.79 Å². The Hall–Kier alpha value is -3.45. The van der Waals surface area contributed by atoms with E-state index in [0.29, 0.717) is 18.7 Å². The molecule has 0 spiro atoms. The predicted octanol–water partition coefficient (Wildman–Crippen LogP) is 2.71. The third kappa shape index (κ3) is 2.51. The number of carbonyl (C=O) groups excluding carboxylic acids is 1. The second kappa shape index (κ2) is 6.03. The first-order chi connectivity index (χ1) is 13.5. The van der Waals surface area contributed by atoms with E-state index in [1.54, 1.807) is 19.3 Å². The molecule has 4 aromatic rings. The third-order valence-electron chi connectivity index (χ3n) is 5.32. The van der Waals surface area contributed by atoms with Crippen LogP contribution in [0.2, 0.25) is 0 Å². The Labute approximate surface area is 160 Å². The fourth-order valence-electron chi connectivity index (χ4n) is 3.65. The molecule has 1 saturated heterocycles.